The molecule has 31 heavy (non-hydrogen) atoms. The quantitative estimate of drug-likeness (QED) is 0.299. The van der Waals surface area contributed by atoms with Crippen LogP contribution < -0.4 is 0 Å². The van der Waals surface area contributed by atoms with Gasteiger partial charge in [0.15, 0.2) is 0 Å². The van der Waals surface area contributed by atoms with Crippen molar-refractivity contribution in [1.82, 2.24) is 4.98 Å². The SMILES string of the molecule is c1ccc2cc(C(c3cnc4ccccc4c3)c3cccc4ccccc34)ccc2c1. The molecule has 146 valence electrons. The molecule has 0 saturated heterocycles. The lowest BCUT2D eigenvalue weighted by Crippen LogP contribution is -2.05. The molecule has 0 radical (unpaired) electrons. The molecule has 0 aliphatic heterocycles. The van der Waals surface area contributed by atoms with Gasteiger partial charge in [0.2, 0.25) is 0 Å². The Kier molecular flexibility index (Phi) is 4.25. The van der Waals surface area contributed by atoms with Gasteiger partial charge in [0.05, 0.1) is 5.52 Å². The van der Waals surface area contributed by atoms with E-state index in [-0.39, 0.29) is 5.92 Å². The predicted molar refractivity (Wildman–Crippen MR) is 131 cm³/mol. The first-order chi connectivity index (χ1) is 15.4. The van der Waals surface area contributed by atoms with Gasteiger partial charge in [-0.05, 0) is 50.4 Å². The topological polar surface area (TPSA) is 12.9 Å². The fraction of sp³-hybridized carbons (Fsp3) is 0.0333. The van der Waals surface area contributed by atoms with Crippen molar-refractivity contribution in [3.63, 3.8) is 0 Å². The number of hydrogen-bond donors (Lipinski definition) is 0. The van der Waals surface area contributed by atoms with Crippen molar-refractivity contribution in [2.45, 2.75) is 5.92 Å². The van der Waals surface area contributed by atoms with Gasteiger partial charge in [0, 0.05) is 17.5 Å². The molecule has 0 bridgehead atoms. The number of benzene rings is 5. The fourth-order valence-electron chi connectivity index (χ4n) is 4.69. The molecule has 1 heteroatoms. The molecule has 0 aliphatic carbocycles. The summed E-state index contributed by atoms with van der Waals surface area (Å²) in [5.41, 5.74) is 4.84. The zero-order valence-corrected chi connectivity index (χ0v) is 17.1. The lowest BCUT2D eigenvalue weighted by atomic mass is 9.82. The van der Waals surface area contributed by atoms with Crippen LogP contribution in [0.25, 0.3) is 32.4 Å². The van der Waals surface area contributed by atoms with E-state index < -0.39 is 0 Å². The van der Waals surface area contributed by atoms with Gasteiger partial charge in [0.1, 0.15) is 0 Å². The summed E-state index contributed by atoms with van der Waals surface area (Å²) in [7, 11) is 0. The normalized spacial score (nSPS) is 12.4. The fourth-order valence-corrected chi connectivity index (χ4v) is 4.69. The molecular weight excluding hydrogens is 374 g/mol. The zero-order valence-electron chi connectivity index (χ0n) is 17.1. The van der Waals surface area contributed by atoms with Crippen molar-refractivity contribution in [2.75, 3.05) is 0 Å². The number of para-hydroxylation sites is 1. The maximum Gasteiger partial charge on any atom is 0.0702 e. The largest absolute Gasteiger partial charge is 0.256 e. The van der Waals surface area contributed by atoms with Gasteiger partial charge >= 0.3 is 0 Å². The third-order valence-corrected chi connectivity index (χ3v) is 6.19. The second kappa shape index (κ2) is 7.37. The van der Waals surface area contributed by atoms with Gasteiger partial charge in [-0.2, -0.15) is 0 Å². The number of fused-ring (bicyclic) bond motifs is 3. The highest BCUT2D eigenvalue weighted by Crippen LogP contribution is 2.37. The van der Waals surface area contributed by atoms with Crippen LogP contribution in [0.2, 0.25) is 0 Å². The van der Waals surface area contributed by atoms with Crippen molar-refractivity contribution >= 4 is 32.4 Å². The summed E-state index contributed by atoms with van der Waals surface area (Å²) in [5, 5.41) is 6.25. The van der Waals surface area contributed by atoms with Crippen LogP contribution in [0.4, 0.5) is 0 Å². The van der Waals surface area contributed by atoms with E-state index in [0.717, 1.165) is 5.52 Å². The van der Waals surface area contributed by atoms with E-state index in [1.54, 1.807) is 0 Å². The summed E-state index contributed by atoms with van der Waals surface area (Å²) in [6.07, 6.45) is 2.05. The van der Waals surface area contributed by atoms with E-state index in [1.807, 2.05) is 12.3 Å². The lowest BCUT2D eigenvalue weighted by molar-refractivity contribution is 0.983. The molecule has 0 saturated carbocycles. The maximum atomic E-state index is 4.80. The molecule has 5 aromatic carbocycles. The molecular formula is C30H21N. The Bertz CT molecular complexity index is 1460. The Morgan fingerprint density at radius 2 is 1.16 bits per heavy atom. The molecule has 1 aromatic heterocycles. The number of hydrogen-bond acceptors (Lipinski definition) is 1. The van der Waals surface area contributed by atoms with Crippen LogP contribution in [0.1, 0.15) is 22.6 Å². The molecule has 0 spiro atoms. The van der Waals surface area contributed by atoms with Gasteiger partial charge in [-0.15, -0.1) is 0 Å². The van der Waals surface area contributed by atoms with E-state index in [1.165, 1.54) is 43.6 Å². The Morgan fingerprint density at radius 1 is 0.484 bits per heavy atom. The molecule has 1 heterocycles. The summed E-state index contributed by atoms with van der Waals surface area (Å²) in [4.78, 5) is 4.80. The first-order valence-electron chi connectivity index (χ1n) is 10.7. The molecule has 6 rings (SSSR count). The second-order valence-electron chi connectivity index (χ2n) is 8.07. The number of pyridine rings is 1. The highest BCUT2D eigenvalue weighted by atomic mass is 14.7. The van der Waals surface area contributed by atoms with Crippen molar-refractivity contribution < 1.29 is 0 Å². The average molecular weight is 396 g/mol. The molecule has 1 nitrogen and oxygen atoms in total. The number of nitrogens with zero attached hydrogens (tertiary/aromatic N) is 1. The molecule has 6 aromatic rings. The van der Waals surface area contributed by atoms with Gasteiger partial charge in [-0.1, -0.05) is 103 Å². The van der Waals surface area contributed by atoms with E-state index in [9.17, 15) is 0 Å². The zero-order chi connectivity index (χ0) is 20.6. The first kappa shape index (κ1) is 17.9. The lowest BCUT2D eigenvalue weighted by Gasteiger charge is -2.21. The van der Waals surface area contributed by atoms with E-state index in [2.05, 4.69) is 109 Å². The Hall–Kier alpha value is -3.97. The molecule has 0 amide bonds. The van der Waals surface area contributed by atoms with E-state index >= 15 is 0 Å². The number of aromatic nitrogens is 1. The van der Waals surface area contributed by atoms with Gasteiger partial charge in [0.25, 0.3) is 0 Å². The minimum atomic E-state index is 0.104. The highest BCUT2D eigenvalue weighted by molar-refractivity contribution is 5.89. The second-order valence-corrected chi connectivity index (χ2v) is 8.07. The monoisotopic (exact) mass is 395 g/mol. The Labute approximate surface area is 181 Å². The molecule has 0 fully saturated rings. The van der Waals surface area contributed by atoms with Crippen LogP contribution in [0.15, 0.2) is 121 Å². The van der Waals surface area contributed by atoms with Crippen molar-refractivity contribution in [1.29, 1.82) is 0 Å². The molecule has 1 atom stereocenters. The van der Waals surface area contributed by atoms with E-state index in [0.29, 0.717) is 0 Å². The smallest absolute Gasteiger partial charge is 0.0702 e. The summed E-state index contributed by atoms with van der Waals surface area (Å²) < 4.78 is 0. The maximum absolute atomic E-state index is 4.80. The van der Waals surface area contributed by atoms with Crippen LogP contribution >= 0.6 is 0 Å². The van der Waals surface area contributed by atoms with Crippen LogP contribution in [-0.2, 0) is 0 Å². The van der Waals surface area contributed by atoms with Crippen LogP contribution in [0.3, 0.4) is 0 Å². The summed E-state index contributed by atoms with van der Waals surface area (Å²) in [6.45, 7) is 0. The molecule has 0 N–H and O–H groups in total. The third kappa shape index (κ3) is 3.15. The van der Waals surface area contributed by atoms with Gasteiger partial charge in [-0.25, -0.2) is 0 Å². The third-order valence-electron chi connectivity index (χ3n) is 6.19. The summed E-state index contributed by atoms with van der Waals surface area (Å²) in [5.74, 6) is 0.104. The van der Waals surface area contributed by atoms with Gasteiger partial charge in [-0.3, -0.25) is 4.98 Å². The summed E-state index contributed by atoms with van der Waals surface area (Å²) in [6, 6.07) is 41.3. The van der Waals surface area contributed by atoms with Crippen LogP contribution in [0, 0.1) is 0 Å². The van der Waals surface area contributed by atoms with Crippen molar-refractivity contribution in [3.05, 3.63) is 138 Å². The van der Waals surface area contributed by atoms with Gasteiger partial charge < -0.3 is 0 Å². The Morgan fingerprint density at radius 3 is 2.06 bits per heavy atom. The van der Waals surface area contributed by atoms with Crippen molar-refractivity contribution in [3.8, 4) is 0 Å². The number of rotatable bonds is 3. The van der Waals surface area contributed by atoms with Crippen LogP contribution in [0.5, 0.6) is 0 Å². The minimum Gasteiger partial charge on any atom is -0.256 e. The van der Waals surface area contributed by atoms with Crippen LogP contribution in [-0.4, -0.2) is 4.98 Å². The highest BCUT2D eigenvalue weighted by Gasteiger charge is 2.20. The first-order valence-corrected chi connectivity index (χ1v) is 10.7. The predicted octanol–water partition coefficient (Wildman–Crippen LogP) is 7.72. The average Bonchev–Trinajstić information content (AvgIpc) is 2.84. The molecule has 1 unspecified atom stereocenters. The standard InChI is InChI=1S/C30H21N/c1-2-10-23-18-25(17-16-21(23)8-1)30(26-19-24-11-4-6-15-29(24)31-20-26)28-14-7-12-22-9-3-5-13-27(22)28/h1-20,30H. The van der Waals surface area contributed by atoms with Crippen molar-refractivity contribution in [2.24, 2.45) is 0 Å². The Balaban J connectivity index is 1.64. The molecule has 0 aliphatic rings. The summed E-state index contributed by atoms with van der Waals surface area (Å²) >= 11 is 0. The van der Waals surface area contributed by atoms with E-state index in [4.69, 9.17) is 4.98 Å². The minimum absolute atomic E-state index is 0.104.